The minimum absolute atomic E-state index is 0.00919. The van der Waals surface area contributed by atoms with E-state index in [9.17, 15) is 15.2 Å². The average molecular weight is 282 g/mol. The van der Waals surface area contributed by atoms with Gasteiger partial charge in [0.05, 0.1) is 4.92 Å². The number of rotatable bonds is 7. The molecule has 0 radical (unpaired) electrons. The van der Waals surface area contributed by atoms with Crippen molar-refractivity contribution in [2.24, 2.45) is 0 Å². The molecular weight excluding hydrogens is 260 g/mol. The minimum Gasteiger partial charge on any atom is -0.484 e. The van der Waals surface area contributed by atoms with E-state index < -0.39 is 10.5 Å². The van der Waals surface area contributed by atoms with Gasteiger partial charge in [-0.25, -0.2) is 0 Å². The van der Waals surface area contributed by atoms with Gasteiger partial charge in [0.15, 0.2) is 5.75 Å². The highest BCUT2D eigenvalue weighted by Gasteiger charge is 2.24. The van der Waals surface area contributed by atoms with E-state index in [4.69, 9.17) is 4.74 Å². The Morgan fingerprint density at radius 1 is 1.45 bits per heavy atom. The molecule has 1 unspecified atom stereocenters. The third kappa shape index (κ3) is 4.47. The second-order valence-corrected chi connectivity index (χ2v) is 5.25. The number of nitro groups is 1. The molecule has 0 aromatic heterocycles. The van der Waals surface area contributed by atoms with Crippen molar-refractivity contribution in [3.63, 3.8) is 0 Å². The Kier molecular flexibility index (Phi) is 5.47. The summed E-state index contributed by atoms with van der Waals surface area (Å²) in [6, 6.07) is 3.29. The second kappa shape index (κ2) is 6.67. The summed E-state index contributed by atoms with van der Waals surface area (Å²) in [4.78, 5) is 10.6. The van der Waals surface area contributed by atoms with Crippen LogP contribution in [0.5, 0.6) is 5.75 Å². The zero-order valence-electron chi connectivity index (χ0n) is 12.4. The Labute approximate surface area is 118 Å². The van der Waals surface area contributed by atoms with Gasteiger partial charge in [0.25, 0.3) is 0 Å². The Bertz CT molecular complexity index is 486. The zero-order valence-corrected chi connectivity index (χ0v) is 12.4. The van der Waals surface area contributed by atoms with Gasteiger partial charge < -0.3 is 15.2 Å². The molecule has 20 heavy (non-hydrogen) atoms. The maximum absolute atomic E-state index is 11.1. The standard InChI is InChI=1S/C14H22N2O4/c1-5-15-8-14(4,17)9-20-13-11(3)6-10(2)7-12(13)16(18)19/h6-7,15,17H,5,8-9H2,1-4H3. The Morgan fingerprint density at radius 3 is 2.65 bits per heavy atom. The van der Waals surface area contributed by atoms with Crippen LogP contribution in [-0.2, 0) is 0 Å². The summed E-state index contributed by atoms with van der Waals surface area (Å²) in [5.74, 6) is 0.220. The van der Waals surface area contributed by atoms with Crippen LogP contribution in [0.2, 0.25) is 0 Å². The van der Waals surface area contributed by atoms with Gasteiger partial charge in [0.1, 0.15) is 12.2 Å². The molecule has 6 heteroatoms. The molecule has 1 aromatic carbocycles. The highest BCUT2D eigenvalue weighted by atomic mass is 16.6. The molecular formula is C14H22N2O4. The van der Waals surface area contributed by atoms with Crippen molar-refractivity contribution in [2.45, 2.75) is 33.3 Å². The first-order chi connectivity index (χ1) is 9.26. The van der Waals surface area contributed by atoms with Crippen molar-refractivity contribution in [3.8, 4) is 5.75 Å². The van der Waals surface area contributed by atoms with Crippen molar-refractivity contribution in [3.05, 3.63) is 33.4 Å². The fourth-order valence-electron chi connectivity index (χ4n) is 1.93. The minimum atomic E-state index is -1.08. The molecule has 1 rings (SSSR count). The highest BCUT2D eigenvalue weighted by Crippen LogP contribution is 2.32. The van der Waals surface area contributed by atoms with Crippen molar-refractivity contribution in [2.75, 3.05) is 19.7 Å². The Morgan fingerprint density at radius 2 is 2.10 bits per heavy atom. The lowest BCUT2D eigenvalue weighted by molar-refractivity contribution is -0.386. The van der Waals surface area contributed by atoms with E-state index in [0.29, 0.717) is 12.1 Å². The summed E-state index contributed by atoms with van der Waals surface area (Å²) in [6.45, 7) is 8.21. The largest absolute Gasteiger partial charge is 0.484 e. The van der Waals surface area contributed by atoms with E-state index in [0.717, 1.165) is 12.1 Å². The maximum atomic E-state index is 11.1. The molecule has 0 bridgehead atoms. The number of nitrogens with one attached hydrogen (secondary N) is 1. The van der Waals surface area contributed by atoms with E-state index in [1.165, 1.54) is 6.07 Å². The number of aliphatic hydroxyl groups is 1. The summed E-state index contributed by atoms with van der Waals surface area (Å²) >= 11 is 0. The molecule has 0 aliphatic heterocycles. The Hall–Kier alpha value is -1.66. The number of aryl methyl sites for hydroxylation is 2. The molecule has 1 atom stereocenters. The van der Waals surface area contributed by atoms with Crippen LogP contribution in [0, 0.1) is 24.0 Å². The van der Waals surface area contributed by atoms with Gasteiger partial charge in [-0.05, 0) is 38.4 Å². The van der Waals surface area contributed by atoms with Gasteiger partial charge in [-0.3, -0.25) is 10.1 Å². The third-order valence-electron chi connectivity index (χ3n) is 2.88. The quantitative estimate of drug-likeness (QED) is 0.590. The Balaban J connectivity index is 2.89. The predicted octanol–water partition coefficient (Wildman–Crippen LogP) is 1.95. The van der Waals surface area contributed by atoms with Gasteiger partial charge in [-0.15, -0.1) is 0 Å². The fraction of sp³-hybridized carbons (Fsp3) is 0.571. The van der Waals surface area contributed by atoms with Crippen molar-refractivity contribution >= 4 is 5.69 Å². The number of ether oxygens (including phenoxy) is 1. The van der Waals surface area contributed by atoms with E-state index in [1.54, 1.807) is 20.8 Å². The fourth-order valence-corrected chi connectivity index (χ4v) is 1.93. The topological polar surface area (TPSA) is 84.6 Å². The molecule has 0 saturated carbocycles. The molecule has 112 valence electrons. The van der Waals surface area contributed by atoms with Crippen LogP contribution in [0.15, 0.2) is 12.1 Å². The number of hydrogen-bond donors (Lipinski definition) is 2. The number of benzene rings is 1. The molecule has 0 spiro atoms. The summed E-state index contributed by atoms with van der Waals surface area (Å²) in [5, 5.41) is 24.2. The highest BCUT2D eigenvalue weighted by molar-refractivity contribution is 5.53. The molecule has 0 aliphatic carbocycles. The lowest BCUT2D eigenvalue weighted by Crippen LogP contribution is -2.42. The number of likely N-dealkylation sites (N-methyl/N-ethyl adjacent to an activating group) is 1. The van der Waals surface area contributed by atoms with Gasteiger partial charge in [0.2, 0.25) is 0 Å². The molecule has 0 saturated heterocycles. The summed E-state index contributed by atoms with van der Waals surface area (Å²) in [5.41, 5.74) is 0.347. The number of nitro benzene ring substituents is 1. The third-order valence-corrected chi connectivity index (χ3v) is 2.88. The lowest BCUT2D eigenvalue weighted by Gasteiger charge is -2.24. The van der Waals surface area contributed by atoms with Crippen LogP contribution in [0.25, 0.3) is 0 Å². The predicted molar refractivity (Wildman–Crippen MR) is 77.2 cm³/mol. The van der Waals surface area contributed by atoms with Gasteiger partial charge in [-0.2, -0.15) is 0 Å². The van der Waals surface area contributed by atoms with Crippen LogP contribution in [0.3, 0.4) is 0 Å². The van der Waals surface area contributed by atoms with Crippen molar-refractivity contribution < 1.29 is 14.8 Å². The van der Waals surface area contributed by atoms with Crippen LogP contribution in [0.1, 0.15) is 25.0 Å². The molecule has 0 amide bonds. The molecule has 1 aromatic rings. The maximum Gasteiger partial charge on any atom is 0.311 e. The summed E-state index contributed by atoms with van der Waals surface area (Å²) in [6.07, 6.45) is 0. The summed E-state index contributed by atoms with van der Waals surface area (Å²) in [7, 11) is 0. The molecule has 0 fully saturated rings. The zero-order chi connectivity index (χ0) is 15.3. The van der Waals surface area contributed by atoms with Crippen molar-refractivity contribution in [1.29, 1.82) is 0 Å². The average Bonchev–Trinajstić information content (AvgIpc) is 2.34. The van der Waals surface area contributed by atoms with Crippen LogP contribution >= 0.6 is 0 Å². The smallest absolute Gasteiger partial charge is 0.311 e. The van der Waals surface area contributed by atoms with Crippen LogP contribution in [0.4, 0.5) is 5.69 Å². The monoisotopic (exact) mass is 282 g/mol. The second-order valence-electron chi connectivity index (χ2n) is 5.25. The van der Waals surface area contributed by atoms with E-state index in [1.807, 2.05) is 13.0 Å². The van der Waals surface area contributed by atoms with E-state index >= 15 is 0 Å². The normalized spacial score (nSPS) is 13.8. The van der Waals surface area contributed by atoms with Gasteiger partial charge in [0, 0.05) is 12.6 Å². The first kappa shape index (κ1) is 16.4. The lowest BCUT2D eigenvalue weighted by atomic mass is 10.1. The molecule has 0 aliphatic rings. The van der Waals surface area contributed by atoms with Crippen molar-refractivity contribution in [1.82, 2.24) is 5.32 Å². The molecule has 0 heterocycles. The number of hydrogen-bond acceptors (Lipinski definition) is 5. The first-order valence-corrected chi connectivity index (χ1v) is 6.58. The van der Waals surface area contributed by atoms with Gasteiger partial charge >= 0.3 is 5.69 Å². The molecule has 2 N–H and O–H groups in total. The van der Waals surface area contributed by atoms with E-state index in [-0.39, 0.29) is 18.0 Å². The number of nitrogens with zero attached hydrogens (tertiary/aromatic N) is 1. The van der Waals surface area contributed by atoms with Gasteiger partial charge in [-0.1, -0.05) is 13.0 Å². The SMILES string of the molecule is CCNCC(C)(O)COc1c(C)cc(C)cc1[N+](=O)[O-]. The molecule has 6 nitrogen and oxygen atoms in total. The van der Waals surface area contributed by atoms with Crippen LogP contribution in [-0.4, -0.2) is 35.3 Å². The van der Waals surface area contributed by atoms with Crippen LogP contribution < -0.4 is 10.1 Å². The summed E-state index contributed by atoms with van der Waals surface area (Å²) < 4.78 is 5.51. The van der Waals surface area contributed by atoms with E-state index in [2.05, 4.69) is 5.32 Å². The first-order valence-electron chi connectivity index (χ1n) is 6.58.